The van der Waals surface area contributed by atoms with Gasteiger partial charge in [-0.15, -0.1) is 0 Å². The Labute approximate surface area is 190 Å². The molecular weight excluding hydrogens is 428 g/mol. The van der Waals surface area contributed by atoms with Crippen LogP contribution in [0.3, 0.4) is 0 Å². The minimum atomic E-state index is -1.03. The van der Waals surface area contributed by atoms with Gasteiger partial charge in [-0.25, -0.2) is 8.91 Å². The van der Waals surface area contributed by atoms with Gasteiger partial charge >= 0.3 is 0 Å². The fraction of sp³-hybridized carbons (Fsp3) is 0.333. The number of halogens is 2. The van der Waals surface area contributed by atoms with Gasteiger partial charge in [0.2, 0.25) is 5.82 Å². The van der Waals surface area contributed by atoms with E-state index in [4.69, 9.17) is 4.74 Å². The first kappa shape index (κ1) is 22.9. The Bertz CT molecular complexity index is 1300. The summed E-state index contributed by atoms with van der Waals surface area (Å²) in [5, 5.41) is 21.8. The lowest BCUT2D eigenvalue weighted by molar-refractivity contribution is 0.191. The summed E-state index contributed by atoms with van der Waals surface area (Å²) < 4.78 is 38.2. The lowest BCUT2D eigenvalue weighted by atomic mass is 10.0. The van der Waals surface area contributed by atoms with Gasteiger partial charge in [-0.1, -0.05) is 0 Å². The summed E-state index contributed by atoms with van der Waals surface area (Å²) in [6, 6.07) is 6.29. The number of nitrogens with one attached hydrogen (secondary N) is 1. The molecule has 2 N–H and O–H groups in total. The van der Waals surface area contributed by atoms with Crippen LogP contribution in [-0.2, 0) is 20.0 Å². The van der Waals surface area contributed by atoms with E-state index in [2.05, 4.69) is 15.5 Å². The summed E-state index contributed by atoms with van der Waals surface area (Å²) in [7, 11) is 3.65. The van der Waals surface area contributed by atoms with E-state index in [1.807, 2.05) is 20.0 Å². The summed E-state index contributed by atoms with van der Waals surface area (Å²) in [5.41, 5.74) is 5.28. The number of aryl methyl sites for hydroxylation is 1. The number of hydrogen-bond donors (Lipinski definition) is 2. The van der Waals surface area contributed by atoms with Gasteiger partial charge in [0.1, 0.15) is 0 Å². The maximum absolute atomic E-state index is 14.8. The molecule has 1 unspecified atom stereocenters. The van der Waals surface area contributed by atoms with Gasteiger partial charge in [0.05, 0.1) is 30.1 Å². The summed E-state index contributed by atoms with van der Waals surface area (Å²) in [6.07, 6.45) is 3.20. The molecule has 7 nitrogen and oxygen atoms in total. The van der Waals surface area contributed by atoms with Crippen LogP contribution < -0.4 is 10.1 Å². The number of aromatic nitrogens is 4. The third-order valence-corrected chi connectivity index (χ3v) is 5.81. The molecule has 0 radical (unpaired) electrons. The molecule has 0 spiro atoms. The molecule has 9 heteroatoms. The first-order valence-electron chi connectivity index (χ1n) is 10.7. The number of benzene rings is 1. The Hall–Kier alpha value is -3.30. The van der Waals surface area contributed by atoms with Crippen molar-refractivity contribution in [2.24, 2.45) is 7.05 Å². The van der Waals surface area contributed by atoms with Crippen molar-refractivity contribution in [3.8, 4) is 16.9 Å². The minimum absolute atomic E-state index is 0.0968. The standard InChI is InChI=1S/C24H27F2N5O2/c1-14-18(23(15(2)32)29-30(14)4)8-10-33-24-19(5-6-20(25)22(24)26)16-7-9-31-21(11-16)17(12-27-3)13-28-31/h5-7,9,11,13,15,27,32H,8,10,12H2,1-4H3. The summed E-state index contributed by atoms with van der Waals surface area (Å²) >= 11 is 0. The highest BCUT2D eigenvalue weighted by molar-refractivity contribution is 5.75. The molecule has 0 aliphatic heterocycles. The highest BCUT2D eigenvalue weighted by atomic mass is 19.2. The van der Waals surface area contributed by atoms with E-state index in [0.717, 1.165) is 28.4 Å². The van der Waals surface area contributed by atoms with Gasteiger partial charge in [-0.2, -0.15) is 14.6 Å². The van der Waals surface area contributed by atoms with E-state index in [9.17, 15) is 13.9 Å². The molecule has 1 aromatic carbocycles. The maximum atomic E-state index is 14.8. The summed E-state index contributed by atoms with van der Waals surface area (Å²) in [4.78, 5) is 0. The Kier molecular flexibility index (Phi) is 6.44. The van der Waals surface area contributed by atoms with Crippen molar-refractivity contribution < 1.29 is 18.6 Å². The molecule has 0 aliphatic rings. The molecule has 174 valence electrons. The molecule has 0 saturated heterocycles. The smallest absolute Gasteiger partial charge is 0.201 e. The molecule has 0 amide bonds. The predicted octanol–water partition coefficient (Wildman–Crippen LogP) is 3.72. The molecule has 0 saturated carbocycles. The molecule has 4 rings (SSSR count). The van der Waals surface area contributed by atoms with E-state index in [-0.39, 0.29) is 12.4 Å². The van der Waals surface area contributed by atoms with Crippen LogP contribution in [0.2, 0.25) is 0 Å². The fourth-order valence-electron chi connectivity index (χ4n) is 4.00. The van der Waals surface area contributed by atoms with Crippen LogP contribution in [0.15, 0.2) is 36.7 Å². The van der Waals surface area contributed by atoms with Gasteiger partial charge in [-0.05, 0) is 50.7 Å². The van der Waals surface area contributed by atoms with Crippen molar-refractivity contribution in [1.82, 2.24) is 24.7 Å². The average molecular weight is 456 g/mol. The molecule has 0 bridgehead atoms. The molecule has 1 atom stereocenters. The number of aliphatic hydroxyl groups is 1. The van der Waals surface area contributed by atoms with E-state index in [0.29, 0.717) is 29.8 Å². The number of fused-ring (bicyclic) bond motifs is 1. The van der Waals surface area contributed by atoms with Crippen molar-refractivity contribution in [2.75, 3.05) is 13.7 Å². The number of pyridine rings is 1. The summed E-state index contributed by atoms with van der Waals surface area (Å²) in [5.74, 6) is -2.15. The van der Waals surface area contributed by atoms with E-state index in [1.165, 1.54) is 6.07 Å². The second-order valence-corrected chi connectivity index (χ2v) is 8.03. The first-order chi connectivity index (χ1) is 15.8. The maximum Gasteiger partial charge on any atom is 0.201 e. The number of nitrogens with zero attached hydrogens (tertiary/aromatic N) is 4. The van der Waals surface area contributed by atoms with Crippen LogP contribution in [0, 0.1) is 18.6 Å². The minimum Gasteiger partial charge on any atom is -0.489 e. The normalized spacial score (nSPS) is 12.5. The van der Waals surface area contributed by atoms with Gasteiger partial charge in [0.15, 0.2) is 11.6 Å². The number of hydrogen-bond acceptors (Lipinski definition) is 5. The largest absolute Gasteiger partial charge is 0.489 e. The molecular formula is C24H27F2N5O2. The molecule has 0 aliphatic carbocycles. The molecule has 33 heavy (non-hydrogen) atoms. The lowest BCUT2D eigenvalue weighted by Crippen LogP contribution is -2.08. The first-order valence-corrected chi connectivity index (χ1v) is 10.7. The van der Waals surface area contributed by atoms with Gasteiger partial charge in [0.25, 0.3) is 0 Å². The van der Waals surface area contributed by atoms with Crippen LogP contribution in [0.25, 0.3) is 16.6 Å². The van der Waals surface area contributed by atoms with Crippen molar-refractivity contribution in [2.45, 2.75) is 32.9 Å². The third-order valence-electron chi connectivity index (χ3n) is 5.81. The number of rotatable bonds is 8. The van der Waals surface area contributed by atoms with Gasteiger partial charge in [-0.3, -0.25) is 4.68 Å². The lowest BCUT2D eigenvalue weighted by Gasteiger charge is -2.14. The Morgan fingerprint density at radius 2 is 2.03 bits per heavy atom. The zero-order chi connectivity index (χ0) is 23.7. The topological polar surface area (TPSA) is 76.6 Å². The second-order valence-electron chi connectivity index (χ2n) is 8.03. The van der Waals surface area contributed by atoms with Gasteiger partial charge < -0.3 is 15.2 Å². The molecule has 0 fully saturated rings. The third kappa shape index (κ3) is 4.34. The highest BCUT2D eigenvalue weighted by Crippen LogP contribution is 2.35. The molecule has 3 heterocycles. The van der Waals surface area contributed by atoms with Crippen molar-refractivity contribution in [3.63, 3.8) is 0 Å². The van der Waals surface area contributed by atoms with Crippen LogP contribution in [-0.4, -0.2) is 38.2 Å². The monoisotopic (exact) mass is 455 g/mol. The zero-order valence-electron chi connectivity index (χ0n) is 19.1. The van der Waals surface area contributed by atoms with E-state index >= 15 is 0 Å². The van der Waals surface area contributed by atoms with Crippen molar-refractivity contribution >= 4 is 5.52 Å². The molecule has 4 aromatic rings. The fourth-order valence-corrected chi connectivity index (χ4v) is 4.00. The predicted molar refractivity (Wildman–Crippen MR) is 121 cm³/mol. The highest BCUT2D eigenvalue weighted by Gasteiger charge is 2.20. The number of ether oxygens (including phenoxy) is 1. The zero-order valence-corrected chi connectivity index (χ0v) is 19.1. The van der Waals surface area contributed by atoms with Crippen molar-refractivity contribution in [1.29, 1.82) is 0 Å². The Balaban J connectivity index is 1.66. The number of aliphatic hydroxyl groups excluding tert-OH is 1. The summed E-state index contributed by atoms with van der Waals surface area (Å²) in [6.45, 7) is 4.26. The van der Waals surface area contributed by atoms with Crippen molar-refractivity contribution in [3.05, 3.63) is 70.8 Å². The average Bonchev–Trinajstić information content (AvgIpc) is 3.32. The SMILES string of the molecule is CNCc1cnn2ccc(-c3ccc(F)c(F)c3OCCc3c(C(C)O)nn(C)c3C)cc12. The second kappa shape index (κ2) is 9.29. The van der Waals surface area contributed by atoms with E-state index in [1.54, 1.807) is 41.6 Å². The Morgan fingerprint density at radius 1 is 1.24 bits per heavy atom. The van der Waals surface area contributed by atoms with Crippen LogP contribution in [0.5, 0.6) is 5.75 Å². The van der Waals surface area contributed by atoms with Crippen LogP contribution in [0.4, 0.5) is 8.78 Å². The Morgan fingerprint density at radius 3 is 2.76 bits per heavy atom. The van der Waals surface area contributed by atoms with E-state index < -0.39 is 17.7 Å². The van der Waals surface area contributed by atoms with Crippen LogP contribution in [0.1, 0.15) is 35.5 Å². The van der Waals surface area contributed by atoms with Crippen LogP contribution >= 0.6 is 0 Å². The quantitative estimate of drug-likeness (QED) is 0.424. The van der Waals surface area contributed by atoms with Gasteiger partial charge in [0, 0.05) is 48.6 Å². The molecule has 3 aromatic heterocycles.